The van der Waals surface area contributed by atoms with Crippen molar-refractivity contribution in [1.29, 1.82) is 0 Å². The Balaban J connectivity index is 2.01. The van der Waals surface area contributed by atoms with Crippen molar-refractivity contribution in [3.63, 3.8) is 0 Å². The molecule has 0 atom stereocenters. The van der Waals surface area contributed by atoms with Crippen LogP contribution in [0.3, 0.4) is 0 Å². The Bertz CT molecular complexity index is 648. The van der Waals surface area contributed by atoms with Gasteiger partial charge in [0.1, 0.15) is 0 Å². The van der Waals surface area contributed by atoms with Crippen molar-refractivity contribution in [2.24, 2.45) is 0 Å². The molecule has 2 rings (SSSR count). The van der Waals surface area contributed by atoms with Crippen molar-refractivity contribution in [1.82, 2.24) is 10.2 Å². The van der Waals surface area contributed by atoms with E-state index in [2.05, 4.69) is 14.9 Å². The molecule has 0 bridgehead atoms. The highest BCUT2D eigenvalue weighted by Crippen LogP contribution is 2.15. The van der Waals surface area contributed by atoms with Crippen molar-refractivity contribution < 1.29 is 8.42 Å². The Kier molecular flexibility index (Phi) is 3.90. The number of anilines is 1. The molecule has 1 aromatic carbocycles. The minimum Gasteiger partial charge on any atom is -0.280 e. The second kappa shape index (κ2) is 5.44. The highest BCUT2D eigenvalue weighted by Gasteiger charge is 2.14. The number of aromatic nitrogens is 2. The lowest BCUT2D eigenvalue weighted by Gasteiger charge is -2.06. The second-order valence-corrected chi connectivity index (χ2v) is 6.32. The lowest BCUT2D eigenvalue weighted by molar-refractivity contribution is 0.600. The summed E-state index contributed by atoms with van der Waals surface area (Å²) in [5, 5.41) is 6.70. The molecule has 2 aromatic rings. The fraction of sp³-hybridized carbons (Fsp3) is 0.308. The summed E-state index contributed by atoms with van der Waals surface area (Å²) in [5.74, 6) is 0.424. The first-order valence-electron chi connectivity index (χ1n) is 6.04. The molecular formula is C13H17N3O2S. The fourth-order valence-electron chi connectivity index (χ4n) is 1.68. The monoisotopic (exact) mass is 279 g/mol. The van der Waals surface area contributed by atoms with Crippen LogP contribution in [-0.4, -0.2) is 24.4 Å². The Morgan fingerprint density at radius 2 is 1.89 bits per heavy atom. The molecule has 0 fully saturated rings. The minimum absolute atomic E-state index is 0.0440. The summed E-state index contributed by atoms with van der Waals surface area (Å²) in [4.78, 5) is 0. The van der Waals surface area contributed by atoms with Gasteiger partial charge in [-0.15, -0.1) is 0 Å². The molecule has 0 saturated carbocycles. The van der Waals surface area contributed by atoms with E-state index < -0.39 is 10.0 Å². The van der Waals surface area contributed by atoms with Gasteiger partial charge in [0.15, 0.2) is 5.82 Å². The number of rotatable bonds is 5. The number of sulfonamides is 1. The first-order valence-corrected chi connectivity index (χ1v) is 7.69. The third-order valence-electron chi connectivity index (χ3n) is 3.01. The van der Waals surface area contributed by atoms with Gasteiger partial charge in [0.2, 0.25) is 10.0 Å². The fourth-order valence-corrected chi connectivity index (χ4v) is 2.78. The second-order valence-electron chi connectivity index (χ2n) is 4.48. The smallest absolute Gasteiger partial charge is 0.234 e. The van der Waals surface area contributed by atoms with E-state index in [1.54, 1.807) is 0 Å². The van der Waals surface area contributed by atoms with E-state index in [1.807, 2.05) is 44.2 Å². The molecule has 0 amide bonds. The predicted octanol–water partition coefficient (Wildman–Crippen LogP) is 2.01. The molecular weight excluding hydrogens is 262 g/mol. The Hall–Kier alpha value is -1.82. The zero-order valence-corrected chi connectivity index (χ0v) is 11.8. The van der Waals surface area contributed by atoms with E-state index >= 15 is 0 Å². The molecule has 0 aliphatic carbocycles. The summed E-state index contributed by atoms with van der Waals surface area (Å²) >= 11 is 0. The van der Waals surface area contributed by atoms with Gasteiger partial charge in [-0.3, -0.25) is 9.82 Å². The zero-order valence-electron chi connectivity index (χ0n) is 11.0. The molecule has 5 nitrogen and oxygen atoms in total. The van der Waals surface area contributed by atoms with E-state index in [4.69, 9.17) is 0 Å². The average Bonchev–Trinajstić information content (AvgIpc) is 2.69. The number of nitrogens with zero attached hydrogens (tertiary/aromatic N) is 1. The van der Waals surface area contributed by atoms with Crippen molar-refractivity contribution in [2.45, 2.75) is 20.3 Å². The van der Waals surface area contributed by atoms with Crippen molar-refractivity contribution in [3.05, 3.63) is 47.2 Å². The molecule has 0 unspecified atom stereocenters. The van der Waals surface area contributed by atoms with Crippen molar-refractivity contribution >= 4 is 15.8 Å². The normalized spacial score (nSPS) is 11.5. The van der Waals surface area contributed by atoms with Crippen LogP contribution in [0.25, 0.3) is 0 Å². The van der Waals surface area contributed by atoms with Crippen molar-refractivity contribution in [2.75, 3.05) is 10.5 Å². The van der Waals surface area contributed by atoms with E-state index in [9.17, 15) is 8.42 Å². The van der Waals surface area contributed by atoms with Crippen LogP contribution in [0, 0.1) is 13.8 Å². The molecule has 0 saturated heterocycles. The topological polar surface area (TPSA) is 74.8 Å². The number of H-pyrrole nitrogens is 1. The third-order valence-corrected chi connectivity index (χ3v) is 4.25. The molecule has 0 aliphatic rings. The van der Waals surface area contributed by atoms with Gasteiger partial charge >= 0.3 is 0 Å². The molecule has 1 aromatic heterocycles. The highest BCUT2D eigenvalue weighted by molar-refractivity contribution is 7.92. The number of aromatic amines is 1. The molecule has 19 heavy (non-hydrogen) atoms. The first kappa shape index (κ1) is 13.6. The van der Waals surface area contributed by atoms with Crippen LogP contribution in [0.2, 0.25) is 0 Å². The number of nitrogens with one attached hydrogen (secondary N) is 2. The van der Waals surface area contributed by atoms with Crippen LogP contribution in [0.4, 0.5) is 5.82 Å². The van der Waals surface area contributed by atoms with Crippen molar-refractivity contribution in [3.8, 4) is 0 Å². The van der Waals surface area contributed by atoms with Gasteiger partial charge in [-0.25, -0.2) is 8.42 Å². The molecule has 6 heteroatoms. The Morgan fingerprint density at radius 3 is 2.47 bits per heavy atom. The van der Waals surface area contributed by atoms with E-state index in [-0.39, 0.29) is 5.75 Å². The molecule has 0 spiro atoms. The lowest BCUT2D eigenvalue weighted by Crippen LogP contribution is -2.19. The summed E-state index contributed by atoms with van der Waals surface area (Å²) in [6, 6.07) is 9.54. The quantitative estimate of drug-likeness (QED) is 0.879. The van der Waals surface area contributed by atoms with E-state index in [1.165, 1.54) is 0 Å². The summed E-state index contributed by atoms with van der Waals surface area (Å²) in [6.07, 6.45) is 0.485. The maximum atomic E-state index is 12.0. The molecule has 102 valence electrons. The van der Waals surface area contributed by atoms with Gasteiger partial charge < -0.3 is 0 Å². The maximum Gasteiger partial charge on any atom is 0.234 e. The number of benzene rings is 1. The van der Waals surface area contributed by atoms with E-state index in [0.717, 1.165) is 16.8 Å². The van der Waals surface area contributed by atoms with Gasteiger partial charge in [0.05, 0.1) is 5.75 Å². The first-order chi connectivity index (χ1) is 8.98. The van der Waals surface area contributed by atoms with Crippen LogP contribution in [0.15, 0.2) is 30.3 Å². The van der Waals surface area contributed by atoms with Crippen LogP contribution >= 0.6 is 0 Å². The Morgan fingerprint density at radius 1 is 1.21 bits per heavy atom. The van der Waals surface area contributed by atoms with Crippen LogP contribution in [0.1, 0.15) is 16.8 Å². The molecule has 0 radical (unpaired) electrons. The summed E-state index contributed by atoms with van der Waals surface area (Å²) in [6.45, 7) is 3.68. The van der Waals surface area contributed by atoms with Crippen LogP contribution in [0.5, 0.6) is 0 Å². The van der Waals surface area contributed by atoms with Gasteiger partial charge in [-0.1, -0.05) is 30.3 Å². The standard InChI is InChI=1S/C13H17N3O2S/c1-10-11(2)14-15-13(10)16-19(17,18)9-8-12-6-4-3-5-7-12/h3-7H,8-9H2,1-2H3,(H2,14,15,16). The summed E-state index contributed by atoms with van der Waals surface area (Å²) in [7, 11) is -3.37. The zero-order chi connectivity index (χ0) is 13.9. The van der Waals surface area contributed by atoms with Gasteiger partial charge in [-0.2, -0.15) is 5.10 Å². The minimum atomic E-state index is -3.37. The van der Waals surface area contributed by atoms with E-state index in [0.29, 0.717) is 12.2 Å². The number of aryl methyl sites for hydroxylation is 2. The van der Waals surface area contributed by atoms with Gasteiger partial charge in [0.25, 0.3) is 0 Å². The SMILES string of the molecule is Cc1[nH]nc(NS(=O)(=O)CCc2ccccc2)c1C. The number of hydrogen-bond donors (Lipinski definition) is 2. The van der Waals surface area contributed by atoms with Gasteiger partial charge in [-0.05, 0) is 25.8 Å². The summed E-state index contributed by atoms with van der Waals surface area (Å²) < 4.78 is 26.4. The highest BCUT2D eigenvalue weighted by atomic mass is 32.2. The maximum absolute atomic E-state index is 12.0. The third kappa shape index (κ3) is 3.57. The Labute approximate surface area is 113 Å². The largest absolute Gasteiger partial charge is 0.280 e. The van der Waals surface area contributed by atoms with Crippen LogP contribution < -0.4 is 4.72 Å². The molecule has 2 N–H and O–H groups in total. The van der Waals surface area contributed by atoms with Gasteiger partial charge in [0, 0.05) is 11.3 Å². The number of hydrogen-bond acceptors (Lipinski definition) is 3. The molecule has 0 aliphatic heterocycles. The summed E-state index contributed by atoms with van der Waals surface area (Å²) in [5.41, 5.74) is 2.69. The average molecular weight is 279 g/mol. The predicted molar refractivity (Wildman–Crippen MR) is 75.6 cm³/mol. The van der Waals surface area contributed by atoms with Crippen LogP contribution in [-0.2, 0) is 16.4 Å². The lowest BCUT2D eigenvalue weighted by atomic mass is 10.2. The molecule has 1 heterocycles.